The molecule has 0 aliphatic carbocycles. The van der Waals surface area contributed by atoms with Crippen LogP contribution >= 0.6 is 0 Å². The second-order valence-corrected chi connectivity index (χ2v) is 7.13. The number of hydrogen-bond acceptors (Lipinski definition) is 3. The van der Waals surface area contributed by atoms with Crippen molar-refractivity contribution in [3.8, 4) is 11.5 Å². The lowest BCUT2D eigenvalue weighted by molar-refractivity contribution is 0.102. The van der Waals surface area contributed by atoms with Gasteiger partial charge >= 0.3 is 0 Å². The number of carbonyl (C=O) groups is 1. The van der Waals surface area contributed by atoms with Crippen LogP contribution in [0.25, 0.3) is 0 Å². The summed E-state index contributed by atoms with van der Waals surface area (Å²) < 4.78 is 11.8. The first kappa shape index (κ1) is 21.4. The summed E-state index contributed by atoms with van der Waals surface area (Å²) in [4.78, 5) is 12.9. The van der Waals surface area contributed by atoms with Crippen LogP contribution in [0.15, 0.2) is 78.9 Å². The van der Waals surface area contributed by atoms with Crippen molar-refractivity contribution in [3.05, 3.63) is 90.0 Å². The maximum Gasteiger partial charge on any atom is 0.259 e. The Bertz CT molecular complexity index is 924. The Morgan fingerprint density at radius 2 is 1.47 bits per heavy atom. The fourth-order valence-electron chi connectivity index (χ4n) is 3.11. The van der Waals surface area contributed by atoms with Crippen LogP contribution in [0, 0.1) is 0 Å². The number of unbranched alkanes of at least 4 members (excludes halogenated alkanes) is 3. The summed E-state index contributed by atoms with van der Waals surface area (Å²) in [5, 5.41) is 2.97. The highest BCUT2D eigenvalue weighted by Crippen LogP contribution is 2.27. The number of rotatable bonds is 11. The molecule has 30 heavy (non-hydrogen) atoms. The van der Waals surface area contributed by atoms with Crippen LogP contribution in [0.5, 0.6) is 11.5 Å². The zero-order valence-corrected chi connectivity index (χ0v) is 17.5. The molecule has 0 spiro atoms. The molecule has 0 saturated carbocycles. The highest BCUT2D eigenvalue weighted by molar-refractivity contribution is 6.06. The van der Waals surface area contributed by atoms with Crippen LogP contribution in [0.1, 0.15) is 48.5 Å². The number of carbonyl (C=O) groups excluding carboxylic acids is 1. The van der Waals surface area contributed by atoms with Gasteiger partial charge in [0.25, 0.3) is 5.91 Å². The van der Waals surface area contributed by atoms with E-state index < -0.39 is 0 Å². The Morgan fingerprint density at radius 1 is 0.767 bits per heavy atom. The van der Waals surface area contributed by atoms with Crippen molar-refractivity contribution in [1.29, 1.82) is 0 Å². The first-order valence-electron chi connectivity index (χ1n) is 10.6. The third-order valence-corrected chi connectivity index (χ3v) is 4.76. The van der Waals surface area contributed by atoms with E-state index in [1.54, 1.807) is 6.07 Å². The van der Waals surface area contributed by atoms with Gasteiger partial charge in [-0.1, -0.05) is 80.8 Å². The Balaban J connectivity index is 1.65. The fraction of sp³-hybridized carbons (Fsp3) is 0.269. The number of benzene rings is 3. The highest BCUT2D eigenvalue weighted by atomic mass is 16.5. The first-order valence-corrected chi connectivity index (χ1v) is 10.6. The second-order valence-electron chi connectivity index (χ2n) is 7.13. The van der Waals surface area contributed by atoms with E-state index in [2.05, 4.69) is 12.2 Å². The zero-order chi connectivity index (χ0) is 21.0. The van der Waals surface area contributed by atoms with Crippen molar-refractivity contribution >= 4 is 11.6 Å². The summed E-state index contributed by atoms with van der Waals surface area (Å²) in [5.41, 5.74) is 2.22. The van der Waals surface area contributed by atoms with Crippen molar-refractivity contribution in [2.75, 3.05) is 11.9 Å². The van der Waals surface area contributed by atoms with E-state index in [0.29, 0.717) is 36.0 Å². The summed E-state index contributed by atoms with van der Waals surface area (Å²) in [6.07, 6.45) is 4.51. The van der Waals surface area contributed by atoms with Gasteiger partial charge in [0, 0.05) is 0 Å². The van der Waals surface area contributed by atoms with Crippen LogP contribution in [-0.4, -0.2) is 12.5 Å². The Kier molecular flexibility index (Phi) is 8.34. The summed E-state index contributed by atoms with van der Waals surface area (Å²) >= 11 is 0. The molecule has 1 amide bonds. The molecule has 0 aliphatic rings. The quantitative estimate of drug-likeness (QED) is 0.373. The third kappa shape index (κ3) is 6.38. The highest BCUT2D eigenvalue weighted by Gasteiger charge is 2.14. The number of nitrogens with one attached hydrogen (secondary N) is 1. The summed E-state index contributed by atoms with van der Waals surface area (Å²) in [6.45, 7) is 3.23. The lowest BCUT2D eigenvalue weighted by Gasteiger charge is -2.14. The maximum atomic E-state index is 12.9. The molecule has 4 heteroatoms. The standard InChI is InChI=1S/C26H29NO3/c1-2-3-4-12-19-29-24-17-10-8-15-22(24)26(28)27-23-16-9-11-18-25(23)30-20-21-13-6-5-7-14-21/h5-11,13-18H,2-4,12,19-20H2,1H3,(H,27,28). The Morgan fingerprint density at radius 3 is 2.27 bits per heavy atom. The molecule has 0 aromatic heterocycles. The molecule has 0 unspecified atom stereocenters. The van der Waals surface area contributed by atoms with E-state index in [-0.39, 0.29) is 5.91 Å². The average Bonchev–Trinajstić information content (AvgIpc) is 2.79. The van der Waals surface area contributed by atoms with Crippen LogP contribution in [0.4, 0.5) is 5.69 Å². The van der Waals surface area contributed by atoms with E-state index in [1.807, 2.05) is 72.8 Å². The van der Waals surface area contributed by atoms with Gasteiger partial charge in [-0.15, -0.1) is 0 Å². The van der Waals surface area contributed by atoms with E-state index in [4.69, 9.17) is 9.47 Å². The molecule has 0 fully saturated rings. The van der Waals surface area contributed by atoms with Crippen LogP contribution < -0.4 is 14.8 Å². The largest absolute Gasteiger partial charge is 0.493 e. The number of hydrogen-bond donors (Lipinski definition) is 1. The molecule has 156 valence electrons. The summed E-state index contributed by atoms with van der Waals surface area (Å²) in [5.74, 6) is 1.02. The molecule has 0 heterocycles. The summed E-state index contributed by atoms with van der Waals surface area (Å²) in [7, 11) is 0. The van der Waals surface area contributed by atoms with Gasteiger partial charge in [0.15, 0.2) is 0 Å². The van der Waals surface area contributed by atoms with Crippen LogP contribution in [-0.2, 0) is 6.61 Å². The molecule has 0 saturated heterocycles. The van der Waals surface area contributed by atoms with Gasteiger partial charge in [-0.05, 0) is 36.2 Å². The van der Waals surface area contributed by atoms with Crippen molar-refractivity contribution in [1.82, 2.24) is 0 Å². The summed E-state index contributed by atoms with van der Waals surface area (Å²) in [6, 6.07) is 24.8. The number of ether oxygens (including phenoxy) is 2. The molecule has 1 N–H and O–H groups in total. The van der Waals surface area contributed by atoms with Crippen molar-refractivity contribution in [2.45, 2.75) is 39.2 Å². The minimum atomic E-state index is -0.213. The SMILES string of the molecule is CCCCCCOc1ccccc1C(=O)Nc1ccccc1OCc1ccccc1. The molecule has 0 atom stereocenters. The average molecular weight is 404 g/mol. The minimum Gasteiger partial charge on any atom is -0.493 e. The molecule has 3 aromatic rings. The van der Waals surface area contributed by atoms with Crippen molar-refractivity contribution < 1.29 is 14.3 Å². The number of anilines is 1. The number of amides is 1. The molecular weight excluding hydrogens is 374 g/mol. The van der Waals surface area contributed by atoms with Crippen molar-refractivity contribution in [2.24, 2.45) is 0 Å². The molecule has 4 nitrogen and oxygen atoms in total. The van der Waals surface area contributed by atoms with E-state index in [0.717, 1.165) is 18.4 Å². The first-order chi connectivity index (χ1) is 14.8. The normalized spacial score (nSPS) is 10.4. The van der Waals surface area contributed by atoms with Gasteiger partial charge in [0.1, 0.15) is 18.1 Å². The topological polar surface area (TPSA) is 47.6 Å². The molecule has 0 bridgehead atoms. The fourth-order valence-corrected chi connectivity index (χ4v) is 3.11. The number of para-hydroxylation sites is 3. The molecule has 3 aromatic carbocycles. The predicted octanol–water partition coefficient (Wildman–Crippen LogP) is 6.48. The van der Waals surface area contributed by atoms with Gasteiger partial charge in [0.2, 0.25) is 0 Å². The van der Waals surface area contributed by atoms with Gasteiger partial charge in [-0.3, -0.25) is 4.79 Å². The monoisotopic (exact) mass is 403 g/mol. The second kappa shape index (κ2) is 11.7. The smallest absolute Gasteiger partial charge is 0.259 e. The van der Waals surface area contributed by atoms with E-state index in [9.17, 15) is 4.79 Å². The predicted molar refractivity (Wildman–Crippen MR) is 121 cm³/mol. The Hall–Kier alpha value is -3.27. The van der Waals surface area contributed by atoms with E-state index >= 15 is 0 Å². The molecule has 0 radical (unpaired) electrons. The van der Waals surface area contributed by atoms with Gasteiger partial charge in [-0.2, -0.15) is 0 Å². The van der Waals surface area contributed by atoms with E-state index in [1.165, 1.54) is 12.8 Å². The molecule has 0 aliphatic heterocycles. The third-order valence-electron chi connectivity index (χ3n) is 4.76. The lowest BCUT2D eigenvalue weighted by atomic mass is 10.1. The van der Waals surface area contributed by atoms with Gasteiger partial charge in [-0.25, -0.2) is 0 Å². The zero-order valence-electron chi connectivity index (χ0n) is 17.5. The lowest BCUT2D eigenvalue weighted by Crippen LogP contribution is -2.14. The maximum absolute atomic E-state index is 12.9. The van der Waals surface area contributed by atoms with Crippen LogP contribution in [0.2, 0.25) is 0 Å². The van der Waals surface area contributed by atoms with Gasteiger partial charge < -0.3 is 14.8 Å². The van der Waals surface area contributed by atoms with Crippen molar-refractivity contribution in [3.63, 3.8) is 0 Å². The minimum absolute atomic E-state index is 0.213. The van der Waals surface area contributed by atoms with Gasteiger partial charge in [0.05, 0.1) is 17.9 Å². The van der Waals surface area contributed by atoms with Crippen LogP contribution in [0.3, 0.4) is 0 Å². The molecule has 3 rings (SSSR count). The molecular formula is C26H29NO3. The Labute approximate surface area is 178 Å².